The molecule has 0 saturated heterocycles. The molecule has 0 radical (unpaired) electrons. The van der Waals surface area contributed by atoms with E-state index in [-0.39, 0.29) is 0 Å². The number of carboxylic acid groups (broad SMARTS) is 1. The maximum Gasteiger partial charge on any atom is 0.314 e. The molecule has 0 aliphatic carbocycles. The Balaban J connectivity index is 2.26. The summed E-state index contributed by atoms with van der Waals surface area (Å²) in [5, 5.41) is 20.1. The summed E-state index contributed by atoms with van der Waals surface area (Å²) in [5.74, 6) is -1.29. The van der Waals surface area contributed by atoms with Gasteiger partial charge in [0.25, 0.3) is 0 Å². The highest BCUT2D eigenvalue weighted by Crippen LogP contribution is 2.18. The smallest absolute Gasteiger partial charge is 0.314 e. The van der Waals surface area contributed by atoms with Gasteiger partial charge in [-0.1, -0.05) is 30.3 Å². The van der Waals surface area contributed by atoms with Crippen molar-refractivity contribution in [3.63, 3.8) is 0 Å². The Morgan fingerprint density at radius 2 is 2.12 bits per heavy atom. The van der Waals surface area contributed by atoms with E-state index in [4.69, 9.17) is 0 Å². The Morgan fingerprint density at radius 3 is 2.65 bits per heavy atom. The SMILES string of the molecule is Cn1nnnc1C(Cc1ccccc1)C(=O)O. The topological polar surface area (TPSA) is 80.9 Å². The van der Waals surface area contributed by atoms with Crippen molar-refractivity contribution >= 4 is 5.97 Å². The molecule has 1 aromatic heterocycles. The summed E-state index contributed by atoms with van der Waals surface area (Å²) in [4.78, 5) is 11.2. The molecule has 2 rings (SSSR count). The van der Waals surface area contributed by atoms with Crippen LogP contribution >= 0.6 is 0 Å². The summed E-state index contributed by atoms with van der Waals surface area (Å²) < 4.78 is 1.39. The van der Waals surface area contributed by atoms with Gasteiger partial charge < -0.3 is 5.11 Å². The van der Waals surface area contributed by atoms with Crippen LogP contribution in [0.5, 0.6) is 0 Å². The summed E-state index contributed by atoms with van der Waals surface area (Å²) in [5.41, 5.74) is 0.947. The van der Waals surface area contributed by atoms with Gasteiger partial charge in [-0.25, -0.2) is 4.68 Å². The highest BCUT2D eigenvalue weighted by Gasteiger charge is 2.25. The lowest BCUT2D eigenvalue weighted by Crippen LogP contribution is -2.18. The second kappa shape index (κ2) is 4.73. The van der Waals surface area contributed by atoms with E-state index in [0.29, 0.717) is 12.2 Å². The number of aromatic nitrogens is 4. The average Bonchev–Trinajstić information content (AvgIpc) is 2.73. The fraction of sp³-hybridized carbons (Fsp3) is 0.273. The van der Waals surface area contributed by atoms with E-state index < -0.39 is 11.9 Å². The van der Waals surface area contributed by atoms with Crippen LogP contribution in [0.25, 0.3) is 0 Å². The molecule has 88 valence electrons. The van der Waals surface area contributed by atoms with E-state index in [2.05, 4.69) is 15.5 Å². The second-order valence-electron chi connectivity index (χ2n) is 3.74. The van der Waals surface area contributed by atoms with Gasteiger partial charge in [0.05, 0.1) is 0 Å². The monoisotopic (exact) mass is 232 g/mol. The largest absolute Gasteiger partial charge is 0.481 e. The number of benzene rings is 1. The first-order valence-corrected chi connectivity index (χ1v) is 5.17. The van der Waals surface area contributed by atoms with Gasteiger partial charge in [-0.05, 0) is 22.4 Å². The standard InChI is InChI=1S/C11H12N4O2/c1-15-10(12-13-14-15)9(11(16)17)7-8-5-3-2-4-6-8/h2-6,9H,7H2,1H3,(H,16,17). The molecule has 6 nitrogen and oxygen atoms in total. The van der Waals surface area contributed by atoms with E-state index in [1.807, 2.05) is 30.3 Å². The van der Waals surface area contributed by atoms with Crippen molar-refractivity contribution in [3.05, 3.63) is 41.7 Å². The molecular weight excluding hydrogens is 220 g/mol. The van der Waals surface area contributed by atoms with Gasteiger partial charge in [0.1, 0.15) is 5.92 Å². The number of rotatable bonds is 4. The molecule has 0 bridgehead atoms. The third kappa shape index (κ3) is 2.47. The predicted molar refractivity (Wildman–Crippen MR) is 59.3 cm³/mol. The van der Waals surface area contributed by atoms with Crippen molar-refractivity contribution in [2.75, 3.05) is 0 Å². The maximum absolute atomic E-state index is 11.2. The second-order valence-corrected chi connectivity index (χ2v) is 3.74. The lowest BCUT2D eigenvalue weighted by Gasteiger charge is -2.10. The normalized spacial score (nSPS) is 12.3. The van der Waals surface area contributed by atoms with Crippen molar-refractivity contribution in [1.82, 2.24) is 20.2 Å². The quantitative estimate of drug-likeness (QED) is 0.835. The molecule has 0 fully saturated rings. The number of hydrogen-bond donors (Lipinski definition) is 1. The van der Waals surface area contributed by atoms with Crippen LogP contribution in [0.3, 0.4) is 0 Å². The molecular formula is C11H12N4O2. The van der Waals surface area contributed by atoms with Crippen molar-refractivity contribution in [2.24, 2.45) is 7.05 Å². The van der Waals surface area contributed by atoms with E-state index in [1.54, 1.807) is 7.05 Å². The third-order valence-electron chi connectivity index (χ3n) is 2.55. The summed E-state index contributed by atoms with van der Waals surface area (Å²) in [6, 6.07) is 9.43. The molecule has 17 heavy (non-hydrogen) atoms. The number of carboxylic acids is 1. The lowest BCUT2D eigenvalue weighted by molar-refractivity contribution is -0.139. The molecule has 1 unspecified atom stereocenters. The lowest BCUT2D eigenvalue weighted by atomic mass is 9.99. The van der Waals surface area contributed by atoms with Gasteiger partial charge in [0.15, 0.2) is 5.82 Å². The summed E-state index contributed by atoms with van der Waals surface area (Å²) in [7, 11) is 1.64. The highest BCUT2D eigenvalue weighted by molar-refractivity contribution is 5.75. The molecule has 0 aliphatic rings. The van der Waals surface area contributed by atoms with E-state index >= 15 is 0 Å². The van der Waals surface area contributed by atoms with Crippen LogP contribution in [0.1, 0.15) is 17.3 Å². The Morgan fingerprint density at radius 1 is 1.41 bits per heavy atom. The van der Waals surface area contributed by atoms with Crippen LogP contribution < -0.4 is 0 Å². The molecule has 1 heterocycles. The van der Waals surface area contributed by atoms with E-state index in [9.17, 15) is 9.90 Å². The molecule has 0 amide bonds. The number of aryl methyl sites for hydroxylation is 1. The zero-order chi connectivity index (χ0) is 12.3. The van der Waals surface area contributed by atoms with E-state index in [1.165, 1.54) is 4.68 Å². The van der Waals surface area contributed by atoms with Crippen molar-refractivity contribution in [3.8, 4) is 0 Å². The van der Waals surface area contributed by atoms with Gasteiger partial charge in [-0.2, -0.15) is 0 Å². The van der Waals surface area contributed by atoms with Gasteiger partial charge in [-0.15, -0.1) is 5.10 Å². The Labute approximate surface area is 97.9 Å². The van der Waals surface area contributed by atoms with E-state index in [0.717, 1.165) is 5.56 Å². The van der Waals surface area contributed by atoms with Crippen LogP contribution in [0, 0.1) is 0 Å². The van der Waals surface area contributed by atoms with Gasteiger partial charge in [-0.3, -0.25) is 4.79 Å². The summed E-state index contributed by atoms with van der Waals surface area (Å²) in [6.45, 7) is 0. The average molecular weight is 232 g/mol. The molecule has 0 spiro atoms. The van der Waals surface area contributed by atoms with Crippen LogP contribution in [-0.4, -0.2) is 31.3 Å². The molecule has 0 saturated carbocycles. The molecule has 1 N–H and O–H groups in total. The van der Waals surface area contributed by atoms with Gasteiger partial charge >= 0.3 is 5.97 Å². The third-order valence-corrected chi connectivity index (χ3v) is 2.55. The van der Waals surface area contributed by atoms with Crippen molar-refractivity contribution in [1.29, 1.82) is 0 Å². The van der Waals surface area contributed by atoms with Crippen LogP contribution in [0.4, 0.5) is 0 Å². The predicted octanol–water partition coefficient (Wildman–Crippen LogP) is 0.621. The molecule has 1 aromatic carbocycles. The van der Waals surface area contributed by atoms with Crippen molar-refractivity contribution < 1.29 is 9.90 Å². The van der Waals surface area contributed by atoms with Gasteiger partial charge in [0.2, 0.25) is 0 Å². The first kappa shape index (κ1) is 11.3. The number of hydrogen-bond acceptors (Lipinski definition) is 4. The van der Waals surface area contributed by atoms with Crippen LogP contribution in [0.15, 0.2) is 30.3 Å². The first-order chi connectivity index (χ1) is 8.18. The minimum atomic E-state index is -0.924. The Bertz CT molecular complexity index is 509. The zero-order valence-electron chi connectivity index (χ0n) is 9.32. The fourth-order valence-corrected chi connectivity index (χ4v) is 1.67. The van der Waals surface area contributed by atoms with Crippen molar-refractivity contribution in [2.45, 2.75) is 12.3 Å². The van der Waals surface area contributed by atoms with Crippen LogP contribution in [0.2, 0.25) is 0 Å². The molecule has 0 aliphatic heterocycles. The van der Waals surface area contributed by atoms with Crippen LogP contribution in [-0.2, 0) is 18.3 Å². The molecule has 6 heteroatoms. The van der Waals surface area contributed by atoms with Gasteiger partial charge in [0, 0.05) is 7.05 Å². The number of carbonyl (C=O) groups is 1. The Kier molecular flexibility index (Phi) is 3.13. The summed E-state index contributed by atoms with van der Waals surface area (Å²) in [6.07, 6.45) is 0.379. The molecule has 1 atom stereocenters. The fourth-order valence-electron chi connectivity index (χ4n) is 1.67. The maximum atomic E-state index is 11.2. The minimum absolute atomic E-state index is 0.362. The number of nitrogens with zero attached hydrogens (tertiary/aromatic N) is 4. The summed E-state index contributed by atoms with van der Waals surface area (Å²) >= 11 is 0. The first-order valence-electron chi connectivity index (χ1n) is 5.17. The number of aliphatic carboxylic acids is 1. The number of tetrazole rings is 1. The zero-order valence-corrected chi connectivity index (χ0v) is 9.32. The Hall–Kier alpha value is -2.24. The minimum Gasteiger partial charge on any atom is -0.481 e. The highest BCUT2D eigenvalue weighted by atomic mass is 16.4. The molecule has 2 aromatic rings.